The molecular formula is C27H35F3N6O4S. The van der Waals surface area contributed by atoms with Crippen molar-refractivity contribution in [1.29, 1.82) is 0 Å². The van der Waals surface area contributed by atoms with Gasteiger partial charge in [0.2, 0.25) is 0 Å². The maximum absolute atomic E-state index is 13.5. The predicted octanol–water partition coefficient (Wildman–Crippen LogP) is 3.54. The van der Waals surface area contributed by atoms with Gasteiger partial charge in [0.15, 0.2) is 0 Å². The van der Waals surface area contributed by atoms with E-state index in [-0.39, 0.29) is 18.4 Å². The van der Waals surface area contributed by atoms with Crippen LogP contribution in [0.1, 0.15) is 33.3 Å². The molecule has 0 saturated carbocycles. The Morgan fingerprint density at radius 2 is 1.66 bits per heavy atom. The van der Waals surface area contributed by atoms with Crippen molar-refractivity contribution in [2.45, 2.75) is 56.3 Å². The van der Waals surface area contributed by atoms with Crippen molar-refractivity contribution in [2.24, 2.45) is 0 Å². The molecule has 1 unspecified atom stereocenters. The maximum Gasteiger partial charge on any atom is 0.501 e. The van der Waals surface area contributed by atoms with Crippen LogP contribution < -0.4 is 9.80 Å². The van der Waals surface area contributed by atoms with Crippen LogP contribution in [0.25, 0.3) is 0 Å². The zero-order valence-electron chi connectivity index (χ0n) is 23.7. The quantitative estimate of drug-likeness (QED) is 0.427. The number of likely N-dealkylation sites (N-methyl/N-ethyl adjacent to an activating group) is 1. The van der Waals surface area contributed by atoms with Crippen LogP contribution in [0.15, 0.2) is 47.5 Å². The molecule has 1 atom stereocenters. The number of aromatic nitrogens is 1. The Hall–Kier alpha value is -3.23. The lowest BCUT2D eigenvalue weighted by atomic mass is 10.0. The Morgan fingerprint density at radius 1 is 1.05 bits per heavy atom. The summed E-state index contributed by atoms with van der Waals surface area (Å²) in [5.74, 6) is 0.160. The number of alkyl halides is 3. The topological polar surface area (TPSA) is 97.4 Å². The predicted molar refractivity (Wildman–Crippen MR) is 148 cm³/mol. The van der Waals surface area contributed by atoms with E-state index < -0.39 is 37.7 Å². The van der Waals surface area contributed by atoms with Gasteiger partial charge in [-0.1, -0.05) is 0 Å². The molecule has 2 fully saturated rings. The van der Waals surface area contributed by atoms with Crippen molar-refractivity contribution < 1.29 is 31.2 Å². The number of benzene rings is 1. The van der Waals surface area contributed by atoms with Gasteiger partial charge in [0, 0.05) is 45.5 Å². The van der Waals surface area contributed by atoms with Crippen molar-refractivity contribution in [3.05, 3.63) is 48.2 Å². The van der Waals surface area contributed by atoms with E-state index >= 15 is 0 Å². The second-order valence-electron chi connectivity index (χ2n) is 10.8. The molecule has 224 valence electrons. The molecule has 4 rings (SSSR count). The average molecular weight is 597 g/mol. The highest BCUT2D eigenvalue weighted by Gasteiger charge is 2.52. The molecule has 10 nitrogen and oxygen atoms in total. The number of piperazine rings is 1. The lowest BCUT2D eigenvalue weighted by Crippen LogP contribution is -2.54. The zero-order valence-corrected chi connectivity index (χ0v) is 24.5. The Kier molecular flexibility index (Phi) is 8.40. The smallest absolute Gasteiger partial charge is 0.341 e. The second-order valence-corrected chi connectivity index (χ2v) is 12.7. The van der Waals surface area contributed by atoms with Crippen molar-refractivity contribution in [3.63, 3.8) is 0 Å². The van der Waals surface area contributed by atoms with E-state index in [4.69, 9.17) is 0 Å². The summed E-state index contributed by atoms with van der Waals surface area (Å²) < 4.78 is 62.2. The first-order valence-corrected chi connectivity index (χ1v) is 14.8. The molecular weight excluding hydrogens is 561 g/mol. The lowest BCUT2D eigenvalue weighted by Gasteiger charge is -2.41. The van der Waals surface area contributed by atoms with E-state index in [1.165, 1.54) is 4.90 Å². The van der Waals surface area contributed by atoms with E-state index in [2.05, 4.69) is 40.6 Å². The number of hydrogen-bond donors (Lipinski definition) is 0. The van der Waals surface area contributed by atoms with Gasteiger partial charge < -0.3 is 14.7 Å². The van der Waals surface area contributed by atoms with Gasteiger partial charge in [0.05, 0.1) is 16.7 Å². The number of sulfone groups is 1. The molecule has 1 aromatic carbocycles. The highest BCUT2D eigenvalue weighted by molar-refractivity contribution is 7.92. The van der Waals surface area contributed by atoms with Gasteiger partial charge in [0.1, 0.15) is 11.4 Å². The fraction of sp³-hybridized carbons (Fsp3) is 0.519. The molecule has 0 aliphatic carbocycles. The van der Waals surface area contributed by atoms with Gasteiger partial charge >= 0.3 is 11.5 Å². The molecule has 0 spiro atoms. The maximum atomic E-state index is 13.5. The van der Waals surface area contributed by atoms with Gasteiger partial charge in [-0.05, 0) is 76.7 Å². The number of halogens is 3. The molecule has 0 bridgehead atoms. The summed E-state index contributed by atoms with van der Waals surface area (Å²) in [4.78, 5) is 39.5. The summed E-state index contributed by atoms with van der Waals surface area (Å²) in [6, 6.07) is 6.53. The summed E-state index contributed by atoms with van der Waals surface area (Å²) in [6.07, 6.45) is 1.76. The van der Waals surface area contributed by atoms with Crippen LogP contribution in [0.2, 0.25) is 0 Å². The standard InChI is InChI=1S/C27H35F3N6O4S/c1-6-34(19(2)33-15-13-32(5)14-16-33)23-17-20(11-12-31-23)18-35-25(38)36(24(37)26(35,3)4)21-7-9-22(10-8-21)41(39,40)27(28,29)30/h7-12,17,19H,6,13-16,18H2,1-5H3. The van der Waals surface area contributed by atoms with E-state index in [0.29, 0.717) is 6.54 Å². The summed E-state index contributed by atoms with van der Waals surface area (Å²) in [5, 5.41) is 0. The fourth-order valence-corrected chi connectivity index (χ4v) is 5.91. The van der Waals surface area contributed by atoms with Gasteiger partial charge in [0.25, 0.3) is 15.7 Å². The van der Waals surface area contributed by atoms with Gasteiger partial charge in [-0.3, -0.25) is 9.69 Å². The first kappa shape index (κ1) is 30.7. The van der Waals surface area contributed by atoms with Gasteiger partial charge in [-0.2, -0.15) is 13.2 Å². The highest BCUT2D eigenvalue weighted by atomic mass is 32.2. The number of nitrogens with zero attached hydrogens (tertiary/aromatic N) is 6. The summed E-state index contributed by atoms with van der Waals surface area (Å²) in [6.45, 7) is 12.0. The number of hydrogen-bond acceptors (Lipinski definition) is 8. The summed E-state index contributed by atoms with van der Waals surface area (Å²) in [7, 11) is -3.46. The van der Waals surface area contributed by atoms with Crippen LogP contribution in [0, 0.1) is 0 Å². The minimum Gasteiger partial charge on any atom is -0.341 e. The molecule has 0 N–H and O–H groups in total. The molecule has 14 heteroatoms. The van der Waals surface area contributed by atoms with Crippen LogP contribution in [0.3, 0.4) is 0 Å². The number of rotatable bonds is 8. The number of carbonyl (C=O) groups is 2. The first-order chi connectivity index (χ1) is 19.1. The van der Waals surface area contributed by atoms with Crippen molar-refractivity contribution in [1.82, 2.24) is 19.7 Å². The van der Waals surface area contributed by atoms with Crippen molar-refractivity contribution in [3.8, 4) is 0 Å². The number of carbonyl (C=O) groups excluding carboxylic acids is 2. The third-order valence-corrected chi connectivity index (χ3v) is 9.34. The molecule has 3 heterocycles. The lowest BCUT2D eigenvalue weighted by molar-refractivity contribution is -0.123. The second kappa shape index (κ2) is 11.2. The number of amides is 3. The molecule has 2 aliphatic rings. The van der Waals surface area contributed by atoms with Gasteiger partial charge in [-0.15, -0.1) is 0 Å². The summed E-state index contributed by atoms with van der Waals surface area (Å²) >= 11 is 0. The van der Waals surface area contributed by atoms with E-state index in [1.54, 1.807) is 26.1 Å². The molecule has 2 aromatic rings. The Morgan fingerprint density at radius 3 is 2.22 bits per heavy atom. The van der Waals surface area contributed by atoms with Crippen LogP contribution in [-0.4, -0.2) is 97.0 Å². The monoisotopic (exact) mass is 596 g/mol. The van der Waals surface area contributed by atoms with Crippen molar-refractivity contribution in [2.75, 3.05) is 49.6 Å². The third kappa shape index (κ3) is 5.77. The molecule has 2 saturated heterocycles. The minimum absolute atomic E-state index is 0.0229. The molecule has 0 radical (unpaired) electrons. The molecule has 41 heavy (non-hydrogen) atoms. The average Bonchev–Trinajstić information content (AvgIpc) is 3.08. The molecule has 1 aromatic heterocycles. The SMILES string of the molecule is CCN(c1cc(CN2C(=O)N(c3ccc(S(=O)(=O)C(F)(F)F)cc3)C(=O)C2(C)C)ccn1)C(C)N1CCN(C)CC1. The largest absolute Gasteiger partial charge is 0.501 e. The normalized spacial score (nSPS) is 19.6. The molecule has 2 aliphatic heterocycles. The van der Waals surface area contributed by atoms with Gasteiger partial charge in [-0.25, -0.2) is 23.1 Å². The van der Waals surface area contributed by atoms with E-state index in [1.807, 2.05) is 6.07 Å². The Labute approximate surface area is 238 Å². The van der Waals surface area contributed by atoms with Crippen LogP contribution in [-0.2, 0) is 21.2 Å². The van der Waals surface area contributed by atoms with E-state index in [0.717, 1.165) is 66.7 Å². The van der Waals surface area contributed by atoms with Crippen LogP contribution in [0.4, 0.5) is 29.5 Å². The van der Waals surface area contributed by atoms with Crippen molar-refractivity contribution >= 4 is 33.3 Å². The zero-order chi connectivity index (χ0) is 30.3. The fourth-order valence-electron chi connectivity index (χ4n) is 5.15. The minimum atomic E-state index is -5.56. The number of imide groups is 1. The number of urea groups is 1. The Balaban J connectivity index is 1.55. The highest BCUT2D eigenvalue weighted by Crippen LogP contribution is 2.36. The Bertz CT molecular complexity index is 1390. The number of pyridine rings is 1. The number of anilines is 2. The third-order valence-electron chi connectivity index (χ3n) is 7.84. The van der Waals surface area contributed by atoms with E-state index in [9.17, 15) is 31.2 Å². The van der Waals surface area contributed by atoms with Crippen LogP contribution in [0.5, 0.6) is 0 Å². The molecule has 3 amide bonds. The summed E-state index contributed by atoms with van der Waals surface area (Å²) in [5.41, 5.74) is -6.01. The van der Waals surface area contributed by atoms with Crippen LogP contribution >= 0.6 is 0 Å². The first-order valence-electron chi connectivity index (χ1n) is 13.3.